The largest absolute Gasteiger partial charge is 0.480 e. The van der Waals surface area contributed by atoms with E-state index in [9.17, 15) is 9.59 Å². The Kier molecular flexibility index (Phi) is 4.22. The van der Waals surface area contributed by atoms with Crippen LogP contribution in [0.1, 0.15) is 13.3 Å². The molecule has 0 aliphatic carbocycles. The molecule has 1 fully saturated rings. The lowest BCUT2D eigenvalue weighted by Crippen LogP contribution is -2.43. The first kappa shape index (κ1) is 12.9. The molecular weight excluding hydrogens is 216 g/mol. The molecule has 0 bridgehead atoms. The zero-order valence-corrected chi connectivity index (χ0v) is 8.92. The van der Waals surface area contributed by atoms with E-state index in [1.54, 1.807) is 0 Å². The molecule has 0 amide bonds. The van der Waals surface area contributed by atoms with Crippen LogP contribution in [-0.2, 0) is 14.3 Å². The number of rotatable bonds is 4. The molecule has 5 N–H and O–H groups in total. The number of carbonyl (C=O) groups excluding carboxylic acids is 1. The van der Waals surface area contributed by atoms with Crippen LogP contribution in [0.25, 0.3) is 0 Å². The average Bonchev–Trinajstić information content (AvgIpc) is 2.64. The van der Waals surface area contributed by atoms with Gasteiger partial charge in [-0.2, -0.15) is 0 Å². The molecular formula is C9H16N2O5. The van der Waals surface area contributed by atoms with Gasteiger partial charge in [-0.15, -0.1) is 0 Å². The number of aliphatic carboxylic acids is 1. The Balaban J connectivity index is 2.40. The van der Waals surface area contributed by atoms with Crippen LogP contribution in [0.15, 0.2) is 0 Å². The van der Waals surface area contributed by atoms with E-state index in [4.69, 9.17) is 20.7 Å². The fourth-order valence-corrected chi connectivity index (χ4v) is 1.42. The zero-order valence-electron chi connectivity index (χ0n) is 8.92. The highest BCUT2D eigenvalue weighted by Gasteiger charge is 2.33. The molecule has 1 aliphatic rings. The van der Waals surface area contributed by atoms with Crippen LogP contribution >= 0.6 is 0 Å². The summed E-state index contributed by atoms with van der Waals surface area (Å²) < 4.78 is 4.97. The molecule has 1 aliphatic heterocycles. The van der Waals surface area contributed by atoms with Crippen molar-refractivity contribution in [3.05, 3.63) is 0 Å². The third kappa shape index (κ3) is 3.16. The number of nitrogens with two attached hydrogens (primary N) is 1. The van der Waals surface area contributed by atoms with Crippen molar-refractivity contribution in [3.8, 4) is 0 Å². The molecule has 1 unspecified atom stereocenters. The van der Waals surface area contributed by atoms with Gasteiger partial charge in [0.2, 0.25) is 0 Å². The Morgan fingerprint density at radius 1 is 1.56 bits per heavy atom. The summed E-state index contributed by atoms with van der Waals surface area (Å²) >= 11 is 0. The van der Waals surface area contributed by atoms with Gasteiger partial charge in [0.15, 0.2) is 0 Å². The van der Waals surface area contributed by atoms with Gasteiger partial charge in [0.05, 0.1) is 6.10 Å². The molecule has 7 heteroatoms. The molecule has 1 heterocycles. The first-order chi connectivity index (χ1) is 7.41. The predicted molar refractivity (Wildman–Crippen MR) is 53.6 cm³/mol. The van der Waals surface area contributed by atoms with Crippen molar-refractivity contribution in [2.45, 2.75) is 37.6 Å². The Bertz CT molecular complexity index is 281. The minimum absolute atomic E-state index is 0.216. The smallest absolute Gasteiger partial charge is 0.325 e. The second kappa shape index (κ2) is 5.24. The van der Waals surface area contributed by atoms with Crippen LogP contribution < -0.4 is 11.1 Å². The Hall–Kier alpha value is -1.18. The first-order valence-corrected chi connectivity index (χ1v) is 5.02. The van der Waals surface area contributed by atoms with Crippen molar-refractivity contribution in [1.29, 1.82) is 0 Å². The third-order valence-corrected chi connectivity index (χ3v) is 2.46. The second-order valence-corrected chi connectivity index (χ2v) is 3.86. The molecule has 92 valence electrons. The highest BCUT2D eigenvalue weighted by molar-refractivity contribution is 5.77. The minimum atomic E-state index is -1.09. The predicted octanol–water partition coefficient (Wildman–Crippen LogP) is -1.95. The molecule has 0 radical (unpaired) electrons. The summed E-state index contributed by atoms with van der Waals surface area (Å²) in [6.07, 6.45) is -1.27. The van der Waals surface area contributed by atoms with Crippen LogP contribution in [0.5, 0.6) is 0 Å². The van der Waals surface area contributed by atoms with Crippen molar-refractivity contribution in [2.75, 3.05) is 6.54 Å². The summed E-state index contributed by atoms with van der Waals surface area (Å²) in [5.41, 5.74) is 5.37. The van der Waals surface area contributed by atoms with E-state index in [0.717, 1.165) is 0 Å². The van der Waals surface area contributed by atoms with E-state index in [-0.39, 0.29) is 13.0 Å². The van der Waals surface area contributed by atoms with Gasteiger partial charge in [-0.3, -0.25) is 9.59 Å². The van der Waals surface area contributed by atoms with Crippen molar-refractivity contribution in [1.82, 2.24) is 5.32 Å². The van der Waals surface area contributed by atoms with Gasteiger partial charge in [0.25, 0.3) is 0 Å². The van der Waals surface area contributed by atoms with Crippen LogP contribution in [0.4, 0.5) is 0 Å². The molecule has 16 heavy (non-hydrogen) atoms. The number of esters is 1. The topological polar surface area (TPSA) is 122 Å². The van der Waals surface area contributed by atoms with Gasteiger partial charge in [0.1, 0.15) is 18.2 Å². The van der Waals surface area contributed by atoms with Crippen LogP contribution in [0.2, 0.25) is 0 Å². The summed E-state index contributed by atoms with van der Waals surface area (Å²) in [4.78, 5) is 21.9. The maximum atomic E-state index is 11.3. The molecule has 4 atom stereocenters. The van der Waals surface area contributed by atoms with Gasteiger partial charge >= 0.3 is 11.9 Å². The van der Waals surface area contributed by atoms with Gasteiger partial charge in [-0.05, 0) is 6.92 Å². The number of nitrogens with one attached hydrogen (secondary N) is 1. The number of carboxylic acid groups (broad SMARTS) is 1. The van der Waals surface area contributed by atoms with Crippen LogP contribution in [-0.4, -0.2) is 53.0 Å². The lowest BCUT2D eigenvalue weighted by atomic mass is 10.2. The Morgan fingerprint density at radius 2 is 2.19 bits per heavy atom. The van der Waals surface area contributed by atoms with E-state index in [2.05, 4.69) is 5.32 Å². The SMILES string of the molecule is C[C@@H](O)[C@H](N)C(=O)OC1CN[C@H](C(=O)O)C1. The normalized spacial score (nSPS) is 28.4. The van der Waals surface area contributed by atoms with Crippen molar-refractivity contribution in [2.24, 2.45) is 5.73 Å². The molecule has 0 saturated carbocycles. The first-order valence-electron chi connectivity index (χ1n) is 5.02. The van der Waals surface area contributed by atoms with Crippen LogP contribution in [0, 0.1) is 0 Å². The van der Waals surface area contributed by atoms with E-state index in [0.29, 0.717) is 0 Å². The van der Waals surface area contributed by atoms with Gasteiger partial charge in [-0.25, -0.2) is 0 Å². The summed E-state index contributed by atoms with van der Waals surface area (Å²) in [5.74, 6) is -1.69. The van der Waals surface area contributed by atoms with Crippen molar-refractivity contribution in [3.63, 3.8) is 0 Å². The lowest BCUT2D eigenvalue weighted by molar-refractivity contribution is -0.153. The lowest BCUT2D eigenvalue weighted by Gasteiger charge is -2.17. The fourth-order valence-electron chi connectivity index (χ4n) is 1.42. The second-order valence-electron chi connectivity index (χ2n) is 3.86. The number of carbonyl (C=O) groups is 2. The molecule has 0 aromatic rings. The van der Waals surface area contributed by atoms with Crippen molar-refractivity contribution >= 4 is 11.9 Å². The van der Waals surface area contributed by atoms with Gasteiger partial charge < -0.3 is 26.0 Å². The fraction of sp³-hybridized carbons (Fsp3) is 0.778. The molecule has 7 nitrogen and oxygen atoms in total. The van der Waals surface area contributed by atoms with Gasteiger partial charge in [-0.1, -0.05) is 0 Å². The minimum Gasteiger partial charge on any atom is -0.480 e. The quantitative estimate of drug-likeness (QED) is 0.416. The van der Waals surface area contributed by atoms with E-state index >= 15 is 0 Å². The molecule has 1 saturated heterocycles. The highest BCUT2D eigenvalue weighted by Crippen LogP contribution is 2.11. The Labute approximate surface area is 92.6 Å². The van der Waals surface area contributed by atoms with Crippen LogP contribution in [0.3, 0.4) is 0 Å². The standard InChI is InChI=1S/C9H16N2O5/c1-4(12)7(10)9(15)16-5-2-6(8(13)14)11-3-5/h4-7,11-12H,2-3,10H2,1H3,(H,13,14)/t4-,5?,6+,7+/m1/s1. The maximum Gasteiger partial charge on any atom is 0.325 e. The summed E-state index contributed by atoms with van der Waals surface area (Å²) in [6, 6.07) is -1.79. The highest BCUT2D eigenvalue weighted by atomic mass is 16.5. The van der Waals surface area contributed by atoms with E-state index in [1.807, 2.05) is 0 Å². The monoisotopic (exact) mass is 232 g/mol. The summed E-state index contributed by atoms with van der Waals surface area (Å²) in [7, 11) is 0. The average molecular weight is 232 g/mol. The van der Waals surface area contributed by atoms with E-state index in [1.165, 1.54) is 6.92 Å². The third-order valence-electron chi connectivity index (χ3n) is 2.46. The molecule has 0 aromatic heterocycles. The number of carboxylic acids is 1. The molecule has 0 aromatic carbocycles. The van der Waals surface area contributed by atoms with Crippen molar-refractivity contribution < 1.29 is 24.5 Å². The molecule has 1 rings (SSSR count). The summed E-state index contributed by atoms with van der Waals surface area (Å²) in [5, 5.41) is 20.5. The number of aliphatic hydroxyl groups is 1. The number of aliphatic hydroxyl groups excluding tert-OH is 1. The Morgan fingerprint density at radius 3 is 2.62 bits per heavy atom. The number of hydrogen-bond acceptors (Lipinski definition) is 6. The maximum absolute atomic E-state index is 11.3. The number of hydrogen-bond donors (Lipinski definition) is 4. The zero-order chi connectivity index (χ0) is 12.3. The van der Waals surface area contributed by atoms with Gasteiger partial charge in [0, 0.05) is 13.0 Å². The summed E-state index contributed by atoms with van der Waals surface area (Å²) in [6.45, 7) is 1.67. The number of ether oxygens (including phenoxy) is 1. The molecule has 0 spiro atoms. The van der Waals surface area contributed by atoms with E-state index < -0.39 is 36.2 Å².